The zero-order chi connectivity index (χ0) is 13.8. The quantitative estimate of drug-likeness (QED) is 0.794. The lowest BCUT2D eigenvalue weighted by atomic mass is 10.0. The topological polar surface area (TPSA) is 39.9 Å². The van der Waals surface area contributed by atoms with Crippen LogP contribution >= 0.6 is 11.8 Å². The van der Waals surface area contributed by atoms with E-state index in [9.17, 15) is 0 Å². The molecule has 1 atom stereocenters. The molecule has 2 aromatic rings. The van der Waals surface area contributed by atoms with Gasteiger partial charge in [-0.1, -0.05) is 0 Å². The summed E-state index contributed by atoms with van der Waals surface area (Å²) in [5.41, 5.74) is 2.05. The van der Waals surface area contributed by atoms with Crippen LogP contribution in [0.15, 0.2) is 18.3 Å². The summed E-state index contributed by atoms with van der Waals surface area (Å²) >= 11 is 2.05. The molecular weight excluding hydrogens is 270 g/mol. The number of rotatable bonds is 5. The summed E-state index contributed by atoms with van der Waals surface area (Å²) in [6, 6.07) is 4.03. The average Bonchev–Trinajstić information content (AvgIpc) is 2.87. The molecule has 0 saturated carbocycles. The number of hydrogen-bond donors (Lipinski definition) is 0. The SMILES string of the molecule is COCCCn1c(C2CCCSC2)nc2cccnc21. The highest BCUT2D eigenvalue weighted by atomic mass is 32.2. The molecule has 0 radical (unpaired) electrons. The maximum atomic E-state index is 5.18. The highest BCUT2D eigenvalue weighted by Gasteiger charge is 2.22. The lowest BCUT2D eigenvalue weighted by Crippen LogP contribution is -2.16. The second-order valence-electron chi connectivity index (χ2n) is 5.23. The molecular formula is C15H21N3OS. The molecule has 1 unspecified atom stereocenters. The van der Waals surface area contributed by atoms with E-state index >= 15 is 0 Å². The standard InChI is InChI=1S/C15H21N3OS/c1-19-9-4-8-18-14(12-5-3-10-20-11-12)17-13-6-2-7-16-15(13)18/h2,6-7,12H,3-5,8-11H2,1H3. The highest BCUT2D eigenvalue weighted by Crippen LogP contribution is 2.32. The van der Waals surface area contributed by atoms with E-state index in [4.69, 9.17) is 9.72 Å². The van der Waals surface area contributed by atoms with Crippen LogP contribution in [0.5, 0.6) is 0 Å². The Morgan fingerprint density at radius 3 is 3.25 bits per heavy atom. The monoisotopic (exact) mass is 291 g/mol. The van der Waals surface area contributed by atoms with Gasteiger partial charge in [0.1, 0.15) is 11.3 Å². The van der Waals surface area contributed by atoms with E-state index in [-0.39, 0.29) is 0 Å². The number of pyridine rings is 1. The van der Waals surface area contributed by atoms with Crippen molar-refractivity contribution in [1.29, 1.82) is 0 Å². The minimum absolute atomic E-state index is 0.575. The first-order valence-corrected chi connectivity index (χ1v) is 8.43. The van der Waals surface area contributed by atoms with Crippen LogP contribution in [-0.4, -0.2) is 39.8 Å². The molecule has 0 spiro atoms. The first-order valence-electron chi connectivity index (χ1n) is 7.28. The molecule has 20 heavy (non-hydrogen) atoms. The highest BCUT2D eigenvalue weighted by molar-refractivity contribution is 7.99. The van der Waals surface area contributed by atoms with Gasteiger partial charge in [-0.05, 0) is 37.1 Å². The van der Waals surface area contributed by atoms with Crippen LogP contribution in [0.3, 0.4) is 0 Å². The van der Waals surface area contributed by atoms with Gasteiger partial charge < -0.3 is 9.30 Å². The summed E-state index contributed by atoms with van der Waals surface area (Å²) in [5.74, 6) is 4.28. The van der Waals surface area contributed by atoms with Crippen molar-refractivity contribution in [2.75, 3.05) is 25.2 Å². The first kappa shape index (κ1) is 13.9. The molecule has 0 aliphatic carbocycles. The summed E-state index contributed by atoms with van der Waals surface area (Å²) in [7, 11) is 1.75. The third kappa shape index (κ3) is 2.83. The van der Waals surface area contributed by atoms with Crippen LogP contribution in [-0.2, 0) is 11.3 Å². The average molecular weight is 291 g/mol. The van der Waals surface area contributed by atoms with Crippen LogP contribution in [0.25, 0.3) is 11.2 Å². The summed E-state index contributed by atoms with van der Waals surface area (Å²) in [6.45, 7) is 1.73. The predicted molar refractivity (Wildman–Crippen MR) is 83.3 cm³/mol. The molecule has 5 heteroatoms. The number of aryl methyl sites for hydroxylation is 1. The number of fused-ring (bicyclic) bond motifs is 1. The van der Waals surface area contributed by atoms with Gasteiger partial charge in [-0.2, -0.15) is 11.8 Å². The number of imidazole rings is 1. The Balaban J connectivity index is 1.93. The van der Waals surface area contributed by atoms with Crippen molar-refractivity contribution in [1.82, 2.24) is 14.5 Å². The molecule has 0 bridgehead atoms. The molecule has 0 N–H and O–H groups in total. The van der Waals surface area contributed by atoms with Gasteiger partial charge in [0, 0.05) is 38.1 Å². The van der Waals surface area contributed by atoms with Crippen molar-refractivity contribution in [2.45, 2.75) is 31.7 Å². The second-order valence-corrected chi connectivity index (χ2v) is 6.38. The second kappa shape index (κ2) is 6.59. The molecule has 1 aliphatic rings. The third-order valence-electron chi connectivity index (χ3n) is 3.79. The van der Waals surface area contributed by atoms with Gasteiger partial charge >= 0.3 is 0 Å². The van der Waals surface area contributed by atoms with E-state index in [1.807, 2.05) is 24.0 Å². The van der Waals surface area contributed by atoms with Crippen LogP contribution in [0.4, 0.5) is 0 Å². The summed E-state index contributed by atoms with van der Waals surface area (Å²) in [6.07, 6.45) is 5.41. The van der Waals surface area contributed by atoms with Crippen LogP contribution in [0, 0.1) is 0 Å². The van der Waals surface area contributed by atoms with Gasteiger partial charge in [-0.3, -0.25) is 0 Å². The lowest BCUT2D eigenvalue weighted by molar-refractivity contribution is 0.190. The number of ether oxygens (including phenoxy) is 1. The molecule has 2 aromatic heterocycles. The molecule has 108 valence electrons. The zero-order valence-electron chi connectivity index (χ0n) is 11.9. The largest absolute Gasteiger partial charge is 0.385 e. The Morgan fingerprint density at radius 2 is 2.45 bits per heavy atom. The van der Waals surface area contributed by atoms with E-state index in [2.05, 4.69) is 15.6 Å². The fourth-order valence-corrected chi connectivity index (χ4v) is 3.96. The maximum Gasteiger partial charge on any atom is 0.159 e. The minimum atomic E-state index is 0.575. The van der Waals surface area contributed by atoms with E-state index in [1.165, 1.54) is 30.2 Å². The molecule has 4 nitrogen and oxygen atoms in total. The van der Waals surface area contributed by atoms with Gasteiger partial charge in [0.15, 0.2) is 5.65 Å². The molecule has 3 rings (SSSR count). The van der Waals surface area contributed by atoms with Crippen LogP contribution in [0.2, 0.25) is 0 Å². The summed E-state index contributed by atoms with van der Waals surface area (Å²) < 4.78 is 7.49. The van der Waals surface area contributed by atoms with Crippen LogP contribution in [0.1, 0.15) is 31.0 Å². The number of hydrogen-bond acceptors (Lipinski definition) is 4. The normalized spacial score (nSPS) is 19.6. The van der Waals surface area contributed by atoms with Crippen molar-refractivity contribution in [3.8, 4) is 0 Å². The van der Waals surface area contributed by atoms with Crippen molar-refractivity contribution in [2.24, 2.45) is 0 Å². The van der Waals surface area contributed by atoms with Crippen molar-refractivity contribution in [3.63, 3.8) is 0 Å². The fourth-order valence-electron chi connectivity index (χ4n) is 2.82. The smallest absolute Gasteiger partial charge is 0.159 e. The lowest BCUT2D eigenvalue weighted by Gasteiger charge is -2.21. The van der Waals surface area contributed by atoms with Crippen molar-refractivity contribution < 1.29 is 4.74 Å². The molecule has 0 aromatic carbocycles. The van der Waals surface area contributed by atoms with Gasteiger partial charge in [0.05, 0.1) is 0 Å². The molecule has 1 aliphatic heterocycles. The Bertz CT molecular complexity index is 563. The first-order chi connectivity index (χ1) is 9.90. The fraction of sp³-hybridized carbons (Fsp3) is 0.600. The Morgan fingerprint density at radius 1 is 1.50 bits per heavy atom. The van der Waals surface area contributed by atoms with Gasteiger partial charge in [0.2, 0.25) is 0 Å². The number of aromatic nitrogens is 3. The summed E-state index contributed by atoms with van der Waals surface area (Å²) in [4.78, 5) is 9.39. The van der Waals surface area contributed by atoms with Gasteiger partial charge in [0.25, 0.3) is 0 Å². The van der Waals surface area contributed by atoms with E-state index in [1.54, 1.807) is 7.11 Å². The van der Waals surface area contributed by atoms with Gasteiger partial charge in [-0.15, -0.1) is 0 Å². The maximum absolute atomic E-state index is 5.18. The van der Waals surface area contributed by atoms with Gasteiger partial charge in [-0.25, -0.2) is 9.97 Å². The Labute approximate surface area is 123 Å². The Hall–Kier alpha value is -1.07. The molecule has 1 fully saturated rings. The summed E-state index contributed by atoms with van der Waals surface area (Å²) in [5, 5.41) is 0. The van der Waals surface area contributed by atoms with E-state index < -0.39 is 0 Å². The van der Waals surface area contributed by atoms with E-state index in [0.29, 0.717) is 5.92 Å². The third-order valence-corrected chi connectivity index (χ3v) is 5.00. The molecule has 0 amide bonds. The number of methoxy groups -OCH3 is 1. The van der Waals surface area contributed by atoms with E-state index in [0.717, 1.165) is 30.7 Å². The zero-order valence-corrected chi connectivity index (χ0v) is 12.7. The minimum Gasteiger partial charge on any atom is -0.385 e. The Kier molecular flexibility index (Phi) is 4.58. The molecule has 3 heterocycles. The van der Waals surface area contributed by atoms with Crippen molar-refractivity contribution in [3.05, 3.63) is 24.2 Å². The van der Waals surface area contributed by atoms with Crippen molar-refractivity contribution >= 4 is 22.9 Å². The number of nitrogens with zero attached hydrogens (tertiary/aromatic N) is 3. The van der Waals surface area contributed by atoms with Crippen LogP contribution < -0.4 is 0 Å². The molecule has 1 saturated heterocycles. The number of thioether (sulfide) groups is 1. The predicted octanol–water partition coefficient (Wildman–Crippen LogP) is 3.08.